The Morgan fingerprint density at radius 1 is 1.07 bits per heavy atom. The van der Waals surface area contributed by atoms with Crippen molar-refractivity contribution < 1.29 is 4.79 Å². The van der Waals surface area contributed by atoms with Gasteiger partial charge in [-0.15, -0.1) is 0 Å². The van der Waals surface area contributed by atoms with Crippen LogP contribution in [0.15, 0.2) is 47.3 Å². The molecule has 4 bridgehead atoms. The van der Waals surface area contributed by atoms with E-state index in [1.54, 1.807) is 6.07 Å². The Morgan fingerprint density at radius 3 is 2.31 bits per heavy atom. The first-order valence-electron chi connectivity index (χ1n) is 10.9. The Balaban J connectivity index is 1.32. The third-order valence-corrected chi connectivity index (χ3v) is 7.63. The molecule has 4 aliphatic carbocycles. The van der Waals surface area contributed by atoms with Crippen LogP contribution in [-0.4, -0.2) is 21.7 Å². The van der Waals surface area contributed by atoms with Crippen molar-refractivity contribution in [3.8, 4) is 0 Å². The molecule has 1 aromatic carbocycles. The van der Waals surface area contributed by atoms with Crippen LogP contribution in [0.25, 0.3) is 0 Å². The quantitative estimate of drug-likeness (QED) is 0.847. The summed E-state index contributed by atoms with van der Waals surface area (Å²) in [6.07, 6.45) is 7.94. The van der Waals surface area contributed by atoms with Gasteiger partial charge in [0.15, 0.2) is 0 Å². The van der Waals surface area contributed by atoms with Gasteiger partial charge in [0, 0.05) is 12.1 Å². The Labute approximate surface area is 171 Å². The van der Waals surface area contributed by atoms with Gasteiger partial charge in [-0.3, -0.25) is 9.59 Å². The molecule has 1 unspecified atom stereocenters. The third-order valence-electron chi connectivity index (χ3n) is 7.63. The summed E-state index contributed by atoms with van der Waals surface area (Å²) in [4.78, 5) is 25.2. The van der Waals surface area contributed by atoms with Crippen LogP contribution in [0.4, 0.5) is 0 Å². The topological polar surface area (TPSA) is 64.0 Å². The van der Waals surface area contributed by atoms with Gasteiger partial charge in [-0.2, -0.15) is 5.10 Å². The maximum absolute atomic E-state index is 13.0. The minimum atomic E-state index is -0.195. The molecule has 1 aromatic heterocycles. The van der Waals surface area contributed by atoms with E-state index in [2.05, 4.69) is 17.3 Å². The highest BCUT2D eigenvalue weighted by molar-refractivity contribution is 5.92. The highest BCUT2D eigenvalue weighted by Crippen LogP contribution is 2.61. The van der Waals surface area contributed by atoms with Gasteiger partial charge >= 0.3 is 0 Å². The van der Waals surface area contributed by atoms with Crippen molar-refractivity contribution in [1.82, 2.24) is 15.1 Å². The minimum Gasteiger partial charge on any atom is -0.348 e. The lowest BCUT2D eigenvalue weighted by Gasteiger charge is -2.59. The molecule has 5 nitrogen and oxygen atoms in total. The van der Waals surface area contributed by atoms with Crippen LogP contribution < -0.4 is 10.9 Å². The second-order valence-electron chi connectivity index (χ2n) is 9.68. The SMILES string of the molecule is CC(NC(=O)c1ccc(=O)n(Cc2ccccc2)n1)C12CC3CC(CC(C3)C1)C2. The third kappa shape index (κ3) is 3.52. The molecular formula is C24H29N3O2. The van der Waals surface area contributed by atoms with Gasteiger partial charge in [0.25, 0.3) is 11.5 Å². The van der Waals surface area contributed by atoms with E-state index in [0.29, 0.717) is 12.2 Å². The first-order valence-corrected chi connectivity index (χ1v) is 10.9. The normalized spacial score (nSPS) is 30.9. The van der Waals surface area contributed by atoms with E-state index in [4.69, 9.17) is 0 Å². The molecule has 29 heavy (non-hydrogen) atoms. The van der Waals surface area contributed by atoms with Crippen LogP contribution in [0.1, 0.15) is 61.5 Å². The molecule has 0 radical (unpaired) electrons. The molecule has 4 saturated carbocycles. The smallest absolute Gasteiger partial charge is 0.271 e. The fraction of sp³-hybridized carbons (Fsp3) is 0.542. The lowest BCUT2D eigenvalue weighted by molar-refractivity contribution is -0.0688. The Bertz CT molecular complexity index is 930. The molecule has 4 fully saturated rings. The molecule has 1 amide bonds. The largest absolute Gasteiger partial charge is 0.348 e. The van der Waals surface area contributed by atoms with Gasteiger partial charge in [-0.05, 0) is 80.2 Å². The molecule has 1 heterocycles. The number of carbonyl (C=O) groups excluding carboxylic acids is 1. The molecule has 152 valence electrons. The van der Waals surface area contributed by atoms with Crippen LogP contribution in [0, 0.1) is 23.2 Å². The molecule has 5 heteroatoms. The van der Waals surface area contributed by atoms with Gasteiger partial charge in [0.1, 0.15) is 5.69 Å². The van der Waals surface area contributed by atoms with Crippen molar-refractivity contribution in [3.63, 3.8) is 0 Å². The number of aromatic nitrogens is 2. The van der Waals surface area contributed by atoms with Crippen LogP contribution in [0.3, 0.4) is 0 Å². The average Bonchev–Trinajstić information content (AvgIpc) is 2.69. The predicted octanol–water partition coefficient (Wildman–Crippen LogP) is 3.63. The highest BCUT2D eigenvalue weighted by Gasteiger charge is 2.53. The molecule has 2 aromatic rings. The molecule has 1 atom stereocenters. The fourth-order valence-corrected chi connectivity index (χ4v) is 6.57. The summed E-state index contributed by atoms with van der Waals surface area (Å²) < 4.78 is 1.37. The standard InChI is InChI=1S/C24H29N3O2/c1-16(24-12-18-9-19(13-24)11-20(10-18)14-24)25-23(29)21-7-8-22(28)27(26-21)15-17-5-3-2-4-6-17/h2-8,16,18-20H,9-15H2,1H3,(H,25,29). The van der Waals surface area contributed by atoms with Gasteiger partial charge < -0.3 is 5.32 Å². The van der Waals surface area contributed by atoms with Crippen LogP contribution in [0.5, 0.6) is 0 Å². The van der Waals surface area contributed by atoms with Gasteiger partial charge in [0.05, 0.1) is 6.54 Å². The van der Waals surface area contributed by atoms with Crippen molar-refractivity contribution in [2.75, 3.05) is 0 Å². The van der Waals surface area contributed by atoms with E-state index < -0.39 is 0 Å². The van der Waals surface area contributed by atoms with Crippen molar-refractivity contribution in [1.29, 1.82) is 0 Å². The Morgan fingerprint density at radius 2 is 1.69 bits per heavy atom. The highest BCUT2D eigenvalue weighted by atomic mass is 16.2. The molecular weight excluding hydrogens is 362 g/mol. The fourth-order valence-electron chi connectivity index (χ4n) is 6.57. The van der Waals surface area contributed by atoms with E-state index in [-0.39, 0.29) is 22.9 Å². The Hall–Kier alpha value is -2.43. The monoisotopic (exact) mass is 391 g/mol. The molecule has 0 spiro atoms. The first-order chi connectivity index (χ1) is 14.0. The first kappa shape index (κ1) is 18.6. The molecule has 6 rings (SSSR count). The summed E-state index contributed by atoms with van der Waals surface area (Å²) in [6, 6.07) is 12.8. The van der Waals surface area contributed by atoms with Crippen molar-refractivity contribution >= 4 is 5.91 Å². The lowest BCUT2D eigenvalue weighted by Crippen LogP contribution is -2.56. The summed E-state index contributed by atoms with van der Waals surface area (Å²) in [5.74, 6) is 2.39. The lowest BCUT2D eigenvalue weighted by atomic mass is 9.48. The molecule has 1 N–H and O–H groups in total. The zero-order valence-electron chi connectivity index (χ0n) is 17.0. The number of hydrogen-bond acceptors (Lipinski definition) is 3. The number of rotatable bonds is 5. The summed E-state index contributed by atoms with van der Waals surface area (Å²) >= 11 is 0. The minimum absolute atomic E-state index is 0.139. The van der Waals surface area contributed by atoms with Crippen molar-refractivity contribution in [3.05, 3.63) is 64.1 Å². The van der Waals surface area contributed by atoms with E-state index in [1.165, 1.54) is 49.3 Å². The van der Waals surface area contributed by atoms with E-state index >= 15 is 0 Å². The maximum Gasteiger partial charge on any atom is 0.271 e. The Kier molecular flexibility index (Phi) is 4.56. The van der Waals surface area contributed by atoms with Crippen molar-refractivity contribution in [2.45, 2.75) is 58.0 Å². The number of carbonyl (C=O) groups is 1. The average molecular weight is 392 g/mol. The maximum atomic E-state index is 13.0. The molecule has 4 aliphatic rings. The van der Waals surface area contributed by atoms with E-state index in [9.17, 15) is 9.59 Å². The molecule has 0 aliphatic heterocycles. The van der Waals surface area contributed by atoms with Gasteiger partial charge in [-0.25, -0.2) is 4.68 Å². The summed E-state index contributed by atoms with van der Waals surface area (Å²) in [5.41, 5.74) is 1.36. The van der Waals surface area contributed by atoms with E-state index in [0.717, 1.165) is 23.3 Å². The zero-order valence-corrected chi connectivity index (χ0v) is 17.0. The van der Waals surface area contributed by atoms with Crippen LogP contribution in [0.2, 0.25) is 0 Å². The van der Waals surface area contributed by atoms with E-state index in [1.807, 2.05) is 30.3 Å². The molecule has 0 saturated heterocycles. The number of nitrogens with zero attached hydrogens (tertiary/aromatic N) is 2. The summed E-state index contributed by atoms with van der Waals surface area (Å²) in [5, 5.41) is 7.61. The predicted molar refractivity (Wildman–Crippen MR) is 112 cm³/mol. The second kappa shape index (κ2) is 7.12. The van der Waals surface area contributed by atoms with Crippen LogP contribution in [-0.2, 0) is 6.54 Å². The number of hydrogen-bond donors (Lipinski definition) is 1. The number of amides is 1. The van der Waals surface area contributed by atoms with Crippen LogP contribution >= 0.6 is 0 Å². The number of nitrogens with one attached hydrogen (secondary N) is 1. The van der Waals surface area contributed by atoms with Gasteiger partial charge in [0.2, 0.25) is 0 Å². The zero-order chi connectivity index (χ0) is 20.0. The van der Waals surface area contributed by atoms with Gasteiger partial charge in [-0.1, -0.05) is 30.3 Å². The number of benzene rings is 1. The summed E-state index contributed by atoms with van der Waals surface area (Å²) in [6.45, 7) is 2.54. The second-order valence-corrected chi connectivity index (χ2v) is 9.68. The summed E-state index contributed by atoms with van der Waals surface area (Å²) in [7, 11) is 0. The van der Waals surface area contributed by atoms with Crippen molar-refractivity contribution in [2.24, 2.45) is 23.2 Å².